The Kier molecular flexibility index (Phi) is 8.08. The molecule has 0 bridgehead atoms. The van der Waals surface area contributed by atoms with Crippen LogP contribution in [-0.2, 0) is 18.3 Å². The molecule has 49 heavy (non-hydrogen) atoms. The number of nitrogens with zero attached hydrogens (tertiary/aromatic N) is 8. The Morgan fingerprint density at radius 2 is 0.980 bits per heavy atom. The van der Waals surface area contributed by atoms with Crippen LogP contribution < -0.4 is 0 Å². The summed E-state index contributed by atoms with van der Waals surface area (Å²) in [5.74, 6) is 1.33. The minimum absolute atomic E-state index is 0.232. The first kappa shape index (κ1) is 31.8. The summed E-state index contributed by atoms with van der Waals surface area (Å²) in [7, 11) is 0. The first-order chi connectivity index (χ1) is 23.7. The van der Waals surface area contributed by atoms with Crippen molar-refractivity contribution in [3.05, 3.63) is 96.1 Å². The maximum Gasteiger partial charge on any atom is 0.235 e. The standard InChI is InChI=1S/C41H48N8/c1-39(2,35-23-29(25-40(3)19-11-5-12-20-40)44-37(46-35)48-27-42-31-15-7-9-17-33(31)48)36-24-30(26-41(4)21-13-6-14-22-41)45-38(47-36)49-28-43-32-16-8-10-18-34(32)49/h7-10,15-18,23-24,27-28H,5-6,11-14,19-22,25-26H2,1-4H3. The third-order valence-corrected chi connectivity index (χ3v) is 11.5. The van der Waals surface area contributed by atoms with Crippen LogP contribution in [0.4, 0.5) is 0 Å². The van der Waals surface area contributed by atoms with Gasteiger partial charge in [0.1, 0.15) is 12.7 Å². The van der Waals surface area contributed by atoms with Gasteiger partial charge in [-0.1, -0.05) is 76.6 Å². The molecule has 8 heteroatoms. The monoisotopic (exact) mass is 652 g/mol. The highest BCUT2D eigenvalue weighted by Crippen LogP contribution is 2.41. The molecule has 0 saturated heterocycles. The summed E-state index contributed by atoms with van der Waals surface area (Å²) >= 11 is 0. The fraction of sp³-hybridized carbons (Fsp3) is 0.463. The van der Waals surface area contributed by atoms with Crippen molar-refractivity contribution in [3.8, 4) is 11.9 Å². The second-order valence-corrected chi connectivity index (χ2v) is 16.0. The van der Waals surface area contributed by atoms with Crippen LogP contribution in [-0.4, -0.2) is 39.0 Å². The van der Waals surface area contributed by atoms with Gasteiger partial charge in [-0.15, -0.1) is 0 Å². The molecule has 0 radical (unpaired) electrons. The Morgan fingerprint density at radius 1 is 0.571 bits per heavy atom. The van der Waals surface area contributed by atoms with E-state index in [-0.39, 0.29) is 10.8 Å². The summed E-state index contributed by atoms with van der Waals surface area (Å²) in [6.07, 6.45) is 18.3. The predicted molar refractivity (Wildman–Crippen MR) is 195 cm³/mol. The molecule has 2 aliphatic carbocycles. The van der Waals surface area contributed by atoms with Gasteiger partial charge in [-0.05, 0) is 99.6 Å². The molecule has 8 nitrogen and oxygen atoms in total. The fourth-order valence-electron chi connectivity index (χ4n) is 8.41. The highest BCUT2D eigenvalue weighted by molar-refractivity contribution is 5.77. The normalized spacial score (nSPS) is 17.9. The number of hydrogen-bond acceptors (Lipinski definition) is 6. The van der Waals surface area contributed by atoms with Crippen LogP contribution in [0.1, 0.15) is 115 Å². The third kappa shape index (κ3) is 6.26. The van der Waals surface area contributed by atoms with E-state index in [1.807, 2.05) is 46.1 Å². The molecule has 8 rings (SSSR count). The summed E-state index contributed by atoms with van der Waals surface area (Å²) in [6, 6.07) is 20.9. The van der Waals surface area contributed by atoms with Gasteiger partial charge in [0.2, 0.25) is 11.9 Å². The van der Waals surface area contributed by atoms with Gasteiger partial charge in [0.25, 0.3) is 0 Å². The van der Waals surface area contributed by atoms with Gasteiger partial charge < -0.3 is 0 Å². The molecule has 0 N–H and O–H groups in total. The molecule has 4 aromatic heterocycles. The fourth-order valence-corrected chi connectivity index (χ4v) is 8.41. The minimum atomic E-state index is -0.535. The van der Waals surface area contributed by atoms with E-state index >= 15 is 0 Å². The lowest BCUT2D eigenvalue weighted by molar-refractivity contribution is 0.212. The maximum atomic E-state index is 5.32. The second-order valence-electron chi connectivity index (χ2n) is 16.0. The van der Waals surface area contributed by atoms with E-state index in [2.05, 4.69) is 64.1 Å². The topological polar surface area (TPSA) is 87.2 Å². The number of benzene rings is 2. The molecule has 0 aliphatic heterocycles. The van der Waals surface area contributed by atoms with E-state index in [1.54, 1.807) is 0 Å². The van der Waals surface area contributed by atoms with E-state index in [0.717, 1.165) is 57.7 Å². The Balaban J connectivity index is 1.27. The second kappa shape index (κ2) is 12.5. The van der Waals surface area contributed by atoms with Crippen molar-refractivity contribution in [2.45, 2.75) is 110 Å². The van der Waals surface area contributed by atoms with Crippen LogP contribution in [0.15, 0.2) is 73.3 Å². The molecule has 2 aliphatic rings. The molecule has 0 atom stereocenters. The van der Waals surface area contributed by atoms with Crippen molar-refractivity contribution in [2.24, 2.45) is 10.8 Å². The SMILES string of the molecule is CC1(Cc2cc(C(C)(C)c3cc(CC4(C)CCCCC4)nc(-n4cnc5ccccc54)n3)nc(-n3cnc4ccccc43)n2)CCCCC1. The lowest BCUT2D eigenvalue weighted by Gasteiger charge is -2.34. The van der Waals surface area contributed by atoms with Gasteiger partial charge in [-0.3, -0.25) is 9.13 Å². The van der Waals surface area contributed by atoms with Crippen LogP contribution >= 0.6 is 0 Å². The van der Waals surface area contributed by atoms with Crippen molar-refractivity contribution in [1.29, 1.82) is 0 Å². The summed E-state index contributed by atoms with van der Waals surface area (Å²) in [5.41, 5.74) is 7.89. The van der Waals surface area contributed by atoms with E-state index in [0.29, 0.717) is 11.9 Å². The minimum Gasteiger partial charge on any atom is -0.267 e. The molecule has 0 unspecified atom stereocenters. The van der Waals surface area contributed by atoms with Gasteiger partial charge in [0.15, 0.2) is 0 Å². The molecule has 2 saturated carbocycles. The highest BCUT2D eigenvalue weighted by atomic mass is 15.2. The zero-order valence-corrected chi connectivity index (χ0v) is 29.5. The molecule has 6 aromatic rings. The highest BCUT2D eigenvalue weighted by Gasteiger charge is 2.34. The molecular formula is C41H48N8. The molecule has 252 valence electrons. The first-order valence-electron chi connectivity index (χ1n) is 18.3. The summed E-state index contributed by atoms with van der Waals surface area (Å²) in [6.45, 7) is 9.38. The van der Waals surface area contributed by atoms with Crippen LogP contribution in [0.3, 0.4) is 0 Å². The molecule has 4 heterocycles. The van der Waals surface area contributed by atoms with Gasteiger partial charge in [0.05, 0.1) is 33.5 Å². The first-order valence-corrected chi connectivity index (χ1v) is 18.3. The quantitative estimate of drug-likeness (QED) is 0.163. The Labute approximate surface area is 289 Å². The smallest absolute Gasteiger partial charge is 0.235 e. The molecule has 2 fully saturated rings. The maximum absolute atomic E-state index is 5.32. The summed E-state index contributed by atoms with van der Waals surface area (Å²) in [4.78, 5) is 30.5. The number of hydrogen-bond donors (Lipinski definition) is 0. The number of aromatic nitrogens is 8. The van der Waals surface area contributed by atoms with Crippen LogP contribution in [0.2, 0.25) is 0 Å². The summed E-state index contributed by atoms with van der Waals surface area (Å²) < 4.78 is 4.08. The van der Waals surface area contributed by atoms with Gasteiger partial charge >= 0.3 is 0 Å². The average Bonchev–Trinajstić information content (AvgIpc) is 3.73. The Hall–Kier alpha value is -4.46. The zero-order chi connectivity index (χ0) is 33.6. The molecule has 2 aromatic carbocycles. The van der Waals surface area contributed by atoms with Crippen LogP contribution in [0, 0.1) is 10.8 Å². The number of rotatable bonds is 8. The number of fused-ring (bicyclic) bond motifs is 2. The van der Waals surface area contributed by atoms with Crippen LogP contribution in [0.25, 0.3) is 34.0 Å². The van der Waals surface area contributed by atoms with Crippen molar-refractivity contribution < 1.29 is 0 Å². The average molecular weight is 653 g/mol. The zero-order valence-electron chi connectivity index (χ0n) is 29.5. The van der Waals surface area contributed by atoms with E-state index < -0.39 is 5.41 Å². The van der Waals surface area contributed by atoms with E-state index in [9.17, 15) is 0 Å². The van der Waals surface area contributed by atoms with E-state index in [1.165, 1.54) is 64.2 Å². The van der Waals surface area contributed by atoms with Gasteiger partial charge in [0, 0.05) is 16.8 Å². The number of imidazole rings is 2. The van der Waals surface area contributed by atoms with E-state index in [4.69, 9.17) is 29.9 Å². The lowest BCUT2D eigenvalue weighted by Crippen LogP contribution is -2.28. The van der Waals surface area contributed by atoms with Crippen molar-refractivity contribution in [1.82, 2.24) is 39.0 Å². The Morgan fingerprint density at radius 3 is 1.41 bits per heavy atom. The molecule has 0 amide bonds. The van der Waals surface area contributed by atoms with Gasteiger partial charge in [-0.25, -0.2) is 29.9 Å². The molecular weight excluding hydrogens is 605 g/mol. The predicted octanol–water partition coefficient (Wildman–Crippen LogP) is 9.30. The third-order valence-electron chi connectivity index (χ3n) is 11.5. The lowest BCUT2D eigenvalue weighted by atomic mass is 9.72. The van der Waals surface area contributed by atoms with Crippen molar-refractivity contribution >= 4 is 22.1 Å². The summed E-state index contributed by atoms with van der Waals surface area (Å²) in [5, 5.41) is 0. The number of para-hydroxylation sites is 4. The Bertz CT molecular complexity index is 1960. The van der Waals surface area contributed by atoms with Crippen molar-refractivity contribution in [3.63, 3.8) is 0 Å². The largest absolute Gasteiger partial charge is 0.267 e. The van der Waals surface area contributed by atoms with Gasteiger partial charge in [-0.2, -0.15) is 0 Å². The molecule has 0 spiro atoms. The van der Waals surface area contributed by atoms with Crippen LogP contribution in [0.5, 0.6) is 0 Å². The van der Waals surface area contributed by atoms with Crippen molar-refractivity contribution in [2.75, 3.05) is 0 Å².